The minimum atomic E-state index is 0.620. The second kappa shape index (κ2) is 8.27. The zero-order chi connectivity index (χ0) is 16.8. The third kappa shape index (κ3) is 4.66. The summed E-state index contributed by atoms with van der Waals surface area (Å²) in [6, 6.07) is 10.1. The molecule has 0 atom stereocenters. The molecule has 0 fully saturated rings. The van der Waals surface area contributed by atoms with Gasteiger partial charge in [0.2, 0.25) is 0 Å². The van der Waals surface area contributed by atoms with Gasteiger partial charge in [-0.2, -0.15) is 0 Å². The van der Waals surface area contributed by atoms with Crippen LogP contribution in [0.15, 0.2) is 43.1 Å². The molecular formula is C18H21ClN2OS. The van der Waals surface area contributed by atoms with Gasteiger partial charge in [-0.3, -0.25) is 4.98 Å². The number of aryl methyl sites for hydroxylation is 1. The summed E-state index contributed by atoms with van der Waals surface area (Å²) >= 11 is 8.00. The van der Waals surface area contributed by atoms with E-state index >= 15 is 0 Å². The fourth-order valence-electron chi connectivity index (χ4n) is 2.05. The molecule has 0 aliphatic rings. The fraction of sp³-hybridized carbons (Fsp3) is 0.278. The van der Waals surface area contributed by atoms with E-state index in [9.17, 15) is 0 Å². The summed E-state index contributed by atoms with van der Waals surface area (Å²) < 4.78 is 7.33. The van der Waals surface area contributed by atoms with Crippen LogP contribution in [0.1, 0.15) is 23.7 Å². The van der Waals surface area contributed by atoms with E-state index in [0.29, 0.717) is 12.3 Å². The van der Waals surface area contributed by atoms with Crippen LogP contribution in [0.4, 0.5) is 5.69 Å². The number of anilines is 1. The Labute approximate surface area is 147 Å². The molecule has 0 aliphatic carbocycles. The topological polar surface area (TPSA) is 25.4 Å². The van der Waals surface area contributed by atoms with E-state index in [-0.39, 0.29) is 0 Å². The first-order valence-electron chi connectivity index (χ1n) is 7.40. The van der Waals surface area contributed by atoms with E-state index in [2.05, 4.69) is 28.9 Å². The van der Waals surface area contributed by atoms with Gasteiger partial charge in [0.05, 0.1) is 19.3 Å². The first kappa shape index (κ1) is 17.7. The summed E-state index contributed by atoms with van der Waals surface area (Å²) in [7, 11) is 1.61. The monoisotopic (exact) mass is 348 g/mol. The first-order chi connectivity index (χ1) is 11.0. The van der Waals surface area contributed by atoms with Crippen molar-refractivity contribution in [2.75, 3.05) is 17.2 Å². The van der Waals surface area contributed by atoms with Gasteiger partial charge in [0.1, 0.15) is 5.76 Å². The van der Waals surface area contributed by atoms with E-state index < -0.39 is 0 Å². The van der Waals surface area contributed by atoms with Crippen LogP contribution in [-0.2, 0) is 11.3 Å². The molecule has 0 aliphatic heterocycles. The quantitative estimate of drug-likeness (QED) is 0.498. The Bertz CT molecular complexity index is 673. The van der Waals surface area contributed by atoms with Gasteiger partial charge in [-0.05, 0) is 48.7 Å². The number of methoxy groups -OCH3 is 1. The van der Waals surface area contributed by atoms with Gasteiger partial charge in [0.25, 0.3) is 0 Å². The van der Waals surface area contributed by atoms with Crippen molar-refractivity contribution in [3.63, 3.8) is 0 Å². The Kier molecular flexibility index (Phi) is 6.37. The summed E-state index contributed by atoms with van der Waals surface area (Å²) in [5.41, 5.74) is 4.04. The highest BCUT2D eigenvalue weighted by atomic mass is 35.5. The van der Waals surface area contributed by atoms with Crippen LogP contribution in [0.5, 0.6) is 0 Å². The molecule has 0 bridgehead atoms. The molecule has 1 aromatic carbocycles. The Morgan fingerprint density at radius 2 is 2.13 bits per heavy atom. The summed E-state index contributed by atoms with van der Waals surface area (Å²) in [4.78, 5) is 4.51. The Morgan fingerprint density at radius 3 is 2.70 bits per heavy atom. The van der Waals surface area contributed by atoms with Crippen LogP contribution in [0.2, 0.25) is 5.02 Å². The molecular weight excluding hydrogens is 328 g/mol. The van der Waals surface area contributed by atoms with Gasteiger partial charge in [-0.15, -0.1) is 0 Å². The molecule has 3 nitrogen and oxygen atoms in total. The maximum atomic E-state index is 6.26. The van der Waals surface area contributed by atoms with Crippen molar-refractivity contribution >= 4 is 35.0 Å². The number of rotatable bonds is 7. The molecule has 0 unspecified atom stereocenters. The highest BCUT2D eigenvalue weighted by molar-refractivity contribution is 8.00. The Balaban J connectivity index is 2.18. The Morgan fingerprint density at radius 1 is 1.35 bits per heavy atom. The SMILES string of the molecule is C=C(OC)c1ccc(CN(SCC)c2ccc(C)c(Cl)c2)nc1. The fourth-order valence-corrected chi connectivity index (χ4v) is 3.02. The van der Waals surface area contributed by atoms with Crippen molar-refractivity contribution in [3.8, 4) is 0 Å². The van der Waals surface area contributed by atoms with Crippen molar-refractivity contribution < 1.29 is 4.74 Å². The molecule has 2 rings (SSSR count). The number of pyridine rings is 1. The third-order valence-corrected chi connectivity index (χ3v) is 4.74. The van der Waals surface area contributed by atoms with Gasteiger partial charge < -0.3 is 9.04 Å². The van der Waals surface area contributed by atoms with E-state index in [1.807, 2.05) is 31.2 Å². The summed E-state index contributed by atoms with van der Waals surface area (Å²) in [6.07, 6.45) is 1.79. The number of aromatic nitrogens is 1. The van der Waals surface area contributed by atoms with Crippen molar-refractivity contribution in [1.29, 1.82) is 0 Å². The predicted octanol–water partition coefficient (Wildman–Crippen LogP) is 5.34. The molecule has 0 N–H and O–H groups in total. The van der Waals surface area contributed by atoms with Crippen molar-refractivity contribution in [2.24, 2.45) is 0 Å². The van der Waals surface area contributed by atoms with E-state index in [4.69, 9.17) is 16.3 Å². The molecule has 0 saturated carbocycles. The normalized spacial score (nSPS) is 10.4. The van der Waals surface area contributed by atoms with Gasteiger partial charge in [-0.1, -0.05) is 31.2 Å². The molecule has 1 aromatic heterocycles. The lowest BCUT2D eigenvalue weighted by molar-refractivity contribution is 0.371. The molecule has 0 amide bonds. The van der Waals surface area contributed by atoms with Crippen molar-refractivity contribution in [3.05, 3.63) is 65.0 Å². The Hall–Kier alpha value is -1.65. The van der Waals surface area contributed by atoms with E-state index in [1.54, 1.807) is 25.3 Å². The second-order valence-corrected chi connectivity index (χ2v) is 6.74. The smallest absolute Gasteiger partial charge is 0.120 e. The summed E-state index contributed by atoms with van der Waals surface area (Å²) in [5.74, 6) is 1.60. The number of hydrogen-bond acceptors (Lipinski definition) is 4. The van der Waals surface area contributed by atoms with E-state index in [1.165, 1.54) is 0 Å². The minimum Gasteiger partial charge on any atom is -0.497 e. The number of benzene rings is 1. The van der Waals surface area contributed by atoms with Gasteiger partial charge in [0, 0.05) is 28.2 Å². The molecule has 2 aromatic rings. The standard InChI is InChI=1S/C18H21ClN2OS/c1-5-23-21(17-9-6-13(2)18(19)10-17)12-16-8-7-15(11-20-16)14(3)22-4/h6-11H,3,5,12H2,1-2,4H3. The summed E-state index contributed by atoms with van der Waals surface area (Å²) in [5, 5.41) is 0.781. The van der Waals surface area contributed by atoms with E-state index in [0.717, 1.165) is 33.3 Å². The lowest BCUT2D eigenvalue weighted by atomic mass is 10.2. The predicted molar refractivity (Wildman–Crippen MR) is 101 cm³/mol. The van der Waals surface area contributed by atoms with Crippen LogP contribution in [-0.4, -0.2) is 17.8 Å². The number of nitrogens with zero attached hydrogens (tertiary/aromatic N) is 2. The van der Waals surface area contributed by atoms with Crippen molar-refractivity contribution in [1.82, 2.24) is 4.98 Å². The molecule has 5 heteroatoms. The van der Waals surface area contributed by atoms with Gasteiger partial charge in [0.15, 0.2) is 0 Å². The average Bonchev–Trinajstić information content (AvgIpc) is 2.57. The molecule has 0 radical (unpaired) electrons. The number of hydrogen-bond donors (Lipinski definition) is 0. The highest BCUT2D eigenvalue weighted by Gasteiger charge is 2.10. The van der Waals surface area contributed by atoms with Crippen LogP contribution in [0.25, 0.3) is 5.76 Å². The first-order valence-corrected chi connectivity index (χ1v) is 8.72. The van der Waals surface area contributed by atoms with Crippen LogP contribution in [0.3, 0.4) is 0 Å². The maximum Gasteiger partial charge on any atom is 0.120 e. The molecule has 23 heavy (non-hydrogen) atoms. The average molecular weight is 349 g/mol. The lowest BCUT2D eigenvalue weighted by Gasteiger charge is -2.23. The molecule has 1 heterocycles. The largest absolute Gasteiger partial charge is 0.497 e. The zero-order valence-corrected chi connectivity index (χ0v) is 15.2. The van der Waals surface area contributed by atoms with Crippen LogP contribution < -0.4 is 4.31 Å². The second-order valence-electron chi connectivity index (χ2n) is 5.05. The third-order valence-electron chi connectivity index (χ3n) is 3.43. The van der Waals surface area contributed by atoms with Gasteiger partial charge in [-0.25, -0.2) is 0 Å². The molecule has 0 spiro atoms. The maximum absolute atomic E-state index is 6.26. The number of halogens is 1. The lowest BCUT2D eigenvalue weighted by Crippen LogP contribution is -2.15. The van der Waals surface area contributed by atoms with Crippen molar-refractivity contribution in [2.45, 2.75) is 20.4 Å². The minimum absolute atomic E-state index is 0.620. The highest BCUT2D eigenvalue weighted by Crippen LogP contribution is 2.29. The molecule has 0 saturated heterocycles. The van der Waals surface area contributed by atoms with Gasteiger partial charge >= 0.3 is 0 Å². The van der Waals surface area contributed by atoms with Crippen LogP contribution >= 0.6 is 23.5 Å². The molecule has 122 valence electrons. The summed E-state index contributed by atoms with van der Waals surface area (Å²) in [6.45, 7) is 8.68. The van der Waals surface area contributed by atoms with Crippen LogP contribution in [0, 0.1) is 6.92 Å². The number of ether oxygens (including phenoxy) is 1. The zero-order valence-electron chi connectivity index (χ0n) is 13.7.